The number of hydrogen-bond donors (Lipinski definition) is 0. The van der Waals surface area contributed by atoms with Crippen LogP contribution in [0.15, 0.2) is 50.1 Å². The van der Waals surface area contributed by atoms with Crippen molar-refractivity contribution in [2.24, 2.45) is 0 Å². The molecule has 3 aromatic rings. The summed E-state index contributed by atoms with van der Waals surface area (Å²) < 4.78 is 6.25. The lowest BCUT2D eigenvalue weighted by Gasteiger charge is -2.05. The molecule has 1 aromatic heterocycles. The van der Waals surface area contributed by atoms with E-state index < -0.39 is 0 Å². The van der Waals surface area contributed by atoms with E-state index in [1.165, 1.54) is 6.07 Å². The van der Waals surface area contributed by atoms with Gasteiger partial charge in [-0.15, -0.1) is 0 Å². The Bertz CT molecular complexity index is 787. The smallest absolute Gasteiger partial charge is 0.336 e. The molecule has 0 spiro atoms. The fourth-order valence-corrected chi connectivity index (χ4v) is 2.54. The summed E-state index contributed by atoms with van der Waals surface area (Å²) >= 11 is 3.45. The molecular weight excluding hydrogens is 280 g/mol. The van der Waals surface area contributed by atoms with E-state index in [0.29, 0.717) is 5.58 Å². The first-order valence-electron chi connectivity index (χ1n) is 5.28. The molecule has 0 atom stereocenters. The Kier molecular flexibility index (Phi) is 2.30. The fraction of sp³-hybridized carbons (Fsp3) is 0.0714. The monoisotopic (exact) mass is 288 g/mol. The molecule has 0 aliphatic carbocycles. The third-order valence-electron chi connectivity index (χ3n) is 2.88. The van der Waals surface area contributed by atoms with Gasteiger partial charge in [0.25, 0.3) is 0 Å². The number of rotatable bonds is 0. The van der Waals surface area contributed by atoms with Crippen LogP contribution in [0.3, 0.4) is 0 Å². The van der Waals surface area contributed by atoms with Crippen LogP contribution in [0.5, 0.6) is 0 Å². The van der Waals surface area contributed by atoms with Gasteiger partial charge in [-0.3, -0.25) is 0 Å². The predicted molar refractivity (Wildman–Crippen MR) is 72.4 cm³/mol. The van der Waals surface area contributed by atoms with Crippen molar-refractivity contribution in [3.63, 3.8) is 0 Å². The quantitative estimate of drug-likeness (QED) is 0.462. The molecule has 0 unspecified atom stereocenters. The van der Waals surface area contributed by atoms with Crippen molar-refractivity contribution in [2.45, 2.75) is 6.92 Å². The van der Waals surface area contributed by atoms with Crippen molar-refractivity contribution < 1.29 is 4.42 Å². The maximum atomic E-state index is 11.3. The first kappa shape index (κ1) is 10.5. The highest BCUT2D eigenvalue weighted by molar-refractivity contribution is 9.10. The van der Waals surface area contributed by atoms with Gasteiger partial charge >= 0.3 is 5.63 Å². The van der Waals surface area contributed by atoms with Gasteiger partial charge in [0.1, 0.15) is 5.58 Å². The molecule has 2 aromatic carbocycles. The van der Waals surface area contributed by atoms with Crippen molar-refractivity contribution in [3.8, 4) is 0 Å². The molecule has 0 saturated carbocycles. The Morgan fingerprint density at radius 3 is 2.76 bits per heavy atom. The van der Waals surface area contributed by atoms with E-state index >= 15 is 0 Å². The molecule has 3 rings (SSSR count). The number of fused-ring (bicyclic) bond motifs is 3. The lowest BCUT2D eigenvalue weighted by molar-refractivity contribution is 0.560. The largest absolute Gasteiger partial charge is 0.423 e. The maximum absolute atomic E-state index is 11.3. The fourth-order valence-electron chi connectivity index (χ4n) is 2.16. The molecule has 0 amide bonds. The van der Waals surface area contributed by atoms with Crippen LogP contribution < -0.4 is 5.63 Å². The van der Waals surface area contributed by atoms with E-state index in [4.69, 9.17) is 4.42 Å². The summed E-state index contributed by atoms with van der Waals surface area (Å²) in [6.07, 6.45) is 0. The van der Waals surface area contributed by atoms with E-state index in [-0.39, 0.29) is 5.63 Å². The number of halogens is 1. The first-order valence-corrected chi connectivity index (χ1v) is 6.07. The summed E-state index contributed by atoms with van der Waals surface area (Å²) in [5.74, 6) is 0. The Morgan fingerprint density at radius 2 is 1.94 bits per heavy atom. The third kappa shape index (κ3) is 1.67. The molecule has 0 N–H and O–H groups in total. The van der Waals surface area contributed by atoms with Crippen molar-refractivity contribution in [3.05, 3.63) is 56.9 Å². The average molecular weight is 289 g/mol. The van der Waals surface area contributed by atoms with Gasteiger partial charge in [-0.1, -0.05) is 28.1 Å². The zero-order valence-corrected chi connectivity index (χ0v) is 10.7. The van der Waals surface area contributed by atoms with Crippen LogP contribution in [0.2, 0.25) is 0 Å². The molecule has 0 radical (unpaired) electrons. The van der Waals surface area contributed by atoms with Crippen LogP contribution in [-0.2, 0) is 0 Å². The number of benzene rings is 2. The van der Waals surface area contributed by atoms with E-state index in [9.17, 15) is 4.79 Å². The van der Waals surface area contributed by atoms with Gasteiger partial charge in [0.05, 0.1) is 0 Å². The molecular formula is C14H9BrO2. The van der Waals surface area contributed by atoms with E-state index in [2.05, 4.69) is 22.0 Å². The summed E-state index contributed by atoms with van der Waals surface area (Å²) in [6.45, 7) is 1.93. The summed E-state index contributed by atoms with van der Waals surface area (Å²) in [5.41, 5.74) is 1.29. The molecule has 2 nitrogen and oxygen atoms in total. The van der Waals surface area contributed by atoms with Crippen molar-refractivity contribution in [2.75, 3.05) is 0 Å². The van der Waals surface area contributed by atoms with Gasteiger partial charge in [-0.2, -0.15) is 0 Å². The second-order valence-electron chi connectivity index (χ2n) is 4.05. The van der Waals surface area contributed by atoms with E-state index in [1.807, 2.05) is 31.2 Å². The number of hydrogen-bond acceptors (Lipinski definition) is 2. The highest BCUT2D eigenvalue weighted by atomic mass is 79.9. The highest BCUT2D eigenvalue weighted by Gasteiger charge is 2.06. The summed E-state index contributed by atoms with van der Waals surface area (Å²) in [7, 11) is 0. The van der Waals surface area contributed by atoms with E-state index in [0.717, 1.165) is 26.2 Å². The number of aryl methyl sites for hydroxylation is 1. The molecule has 0 bridgehead atoms. The minimum atomic E-state index is -0.300. The molecule has 1 heterocycles. The first-order chi connectivity index (χ1) is 8.15. The Morgan fingerprint density at radius 1 is 1.12 bits per heavy atom. The van der Waals surface area contributed by atoms with Crippen molar-refractivity contribution in [1.82, 2.24) is 0 Å². The van der Waals surface area contributed by atoms with Gasteiger partial charge in [0, 0.05) is 15.9 Å². The highest BCUT2D eigenvalue weighted by Crippen LogP contribution is 2.28. The Labute approximate surface area is 106 Å². The SMILES string of the molecule is Cc1cc(=O)oc2ccc3cc(Br)ccc3c12. The second kappa shape index (κ2) is 3.70. The zero-order chi connectivity index (χ0) is 12.0. The van der Waals surface area contributed by atoms with Crippen LogP contribution >= 0.6 is 15.9 Å². The molecule has 0 aliphatic rings. The second-order valence-corrected chi connectivity index (χ2v) is 4.97. The minimum Gasteiger partial charge on any atom is -0.423 e. The summed E-state index contributed by atoms with van der Waals surface area (Å²) in [6, 6.07) is 11.4. The van der Waals surface area contributed by atoms with E-state index in [1.54, 1.807) is 0 Å². The van der Waals surface area contributed by atoms with Crippen LogP contribution in [0.25, 0.3) is 21.7 Å². The van der Waals surface area contributed by atoms with Gasteiger partial charge in [-0.25, -0.2) is 4.79 Å². The van der Waals surface area contributed by atoms with Crippen LogP contribution in [0, 0.1) is 6.92 Å². The van der Waals surface area contributed by atoms with Crippen molar-refractivity contribution >= 4 is 37.7 Å². The Balaban J connectivity index is 2.60. The van der Waals surface area contributed by atoms with Crippen LogP contribution in [-0.4, -0.2) is 0 Å². The molecule has 0 fully saturated rings. The Hall–Kier alpha value is -1.61. The molecule has 3 heteroatoms. The lowest BCUT2D eigenvalue weighted by atomic mass is 10.0. The summed E-state index contributed by atoms with van der Waals surface area (Å²) in [4.78, 5) is 11.3. The van der Waals surface area contributed by atoms with Crippen LogP contribution in [0.1, 0.15) is 5.56 Å². The predicted octanol–water partition coefficient (Wildman–Crippen LogP) is 4.02. The zero-order valence-electron chi connectivity index (χ0n) is 9.16. The topological polar surface area (TPSA) is 30.2 Å². The maximum Gasteiger partial charge on any atom is 0.336 e. The molecule has 0 saturated heterocycles. The standard InChI is InChI=1S/C14H9BrO2/c1-8-6-13(16)17-12-5-2-9-7-10(15)3-4-11(9)14(8)12/h2-7H,1H3. The average Bonchev–Trinajstić information content (AvgIpc) is 2.28. The normalized spacial score (nSPS) is 11.2. The summed E-state index contributed by atoms with van der Waals surface area (Å²) in [5, 5.41) is 3.24. The lowest BCUT2D eigenvalue weighted by Crippen LogP contribution is -1.97. The molecule has 84 valence electrons. The van der Waals surface area contributed by atoms with Crippen LogP contribution in [0.4, 0.5) is 0 Å². The van der Waals surface area contributed by atoms with Crippen molar-refractivity contribution in [1.29, 1.82) is 0 Å². The minimum absolute atomic E-state index is 0.300. The van der Waals surface area contributed by atoms with Gasteiger partial charge in [0.2, 0.25) is 0 Å². The van der Waals surface area contributed by atoms with Gasteiger partial charge in [-0.05, 0) is 41.5 Å². The van der Waals surface area contributed by atoms with Gasteiger partial charge < -0.3 is 4.42 Å². The molecule has 0 aliphatic heterocycles. The third-order valence-corrected chi connectivity index (χ3v) is 3.38. The van der Waals surface area contributed by atoms with Gasteiger partial charge in [0.15, 0.2) is 0 Å². The molecule has 17 heavy (non-hydrogen) atoms.